The molecule has 5 nitrogen and oxygen atoms in total. The van der Waals surface area contributed by atoms with Crippen molar-refractivity contribution >= 4 is 5.84 Å². The van der Waals surface area contributed by atoms with Gasteiger partial charge in [0.25, 0.3) is 0 Å². The molecule has 0 saturated carbocycles. The number of aliphatic hydroxyl groups excluding tert-OH is 1. The van der Waals surface area contributed by atoms with Gasteiger partial charge in [-0.3, -0.25) is 4.90 Å². The monoisotopic (exact) mass is 187 g/mol. The Morgan fingerprint density at radius 1 is 1.69 bits per heavy atom. The summed E-state index contributed by atoms with van der Waals surface area (Å²) in [6.07, 6.45) is 1.06. The lowest BCUT2D eigenvalue weighted by molar-refractivity contribution is 0.151. The van der Waals surface area contributed by atoms with Crippen LogP contribution in [0.3, 0.4) is 0 Å². The van der Waals surface area contributed by atoms with Gasteiger partial charge in [-0.15, -0.1) is 0 Å². The van der Waals surface area contributed by atoms with Gasteiger partial charge in [0.2, 0.25) is 0 Å². The van der Waals surface area contributed by atoms with E-state index in [9.17, 15) is 0 Å². The first kappa shape index (κ1) is 10.3. The van der Waals surface area contributed by atoms with Crippen LogP contribution in [0.4, 0.5) is 0 Å². The van der Waals surface area contributed by atoms with E-state index in [1.165, 1.54) is 0 Å². The summed E-state index contributed by atoms with van der Waals surface area (Å²) >= 11 is 0. The predicted octanol–water partition coefficient (Wildman–Crippen LogP) is -0.564. The number of amidine groups is 1. The Bertz CT molecular complexity index is 196. The first-order chi connectivity index (χ1) is 6.19. The normalized spacial score (nSPS) is 31.1. The van der Waals surface area contributed by atoms with Crippen molar-refractivity contribution in [3.8, 4) is 0 Å². The standard InChI is InChI=1S/C8H17N3O2/c1-6-2-3-11(7(6)5-12)4-8(9)10-13/h6-7,12-13H,2-5H2,1H3,(H2,9,10). The van der Waals surface area contributed by atoms with Crippen LogP contribution < -0.4 is 5.73 Å². The van der Waals surface area contributed by atoms with E-state index in [0.717, 1.165) is 13.0 Å². The van der Waals surface area contributed by atoms with Gasteiger partial charge < -0.3 is 16.0 Å². The lowest BCUT2D eigenvalue weighted by atomic mass is 10.0. The van der Waals surface area contributed by atoms with Gasteiger partial charge in [-0.1, -0.05) is 12.1 Å². The van der Waals surface area contributed by atoms with Gasteiger partial charge in [0.05, 0.1) is 13.2 Å². The Labute approximate surface area is 77.8 Å². The fraction of sp³-hybridized carbons (Fsp3) is 0.875. The van der Waals surface area contributed by atoms with Crippen LogP contribution in [-0.4, -0.2) is 46.8 Å². The Morgan fingerprint density at radius 2 is 2.38 bits per heavy atom. The zero-order valence-corrected chi connectivity index (χ0v) is 7.85. The highest BCUT2D eigenvalue weighted by Gasteiger charge is 2.30. The van der Waals surface area contributed by atoms with Gasteiger partial charge in [0, 0.05) is 6.04 Å². The number of rotatable bonds is 3. The maximum absolute atomic E-state index is 9.11. The molecule has 76 valence electrons. The van der Waals surface area contributed by atoms with Crippen molar-refractivity contribution < 1.29 is 10.3 Å². The van der Waals surface area contributed by atoms with Gasteiger partial charge >= 0.3 is 0 Å². The molecule has 0 aromatic heterocycles. The SMILES string of the molecule is CC1CCN(CC(N)=NO)C1CO. The average molecular weight is 187 g/mol. The van der Waals surface area contributed by atoms with Crippen molar-refractivity contribution in [1.29, 1.82) is 0 Å². The van der Waals surface area contributed by atoms with Crippen molar-refractivity contribution in [1.82, 2.24) is 4.90 Å². The first-order valence-electron chi connectivity index (χ1n) is 4.50. The van der Waals surface area contributed by atoms with Crippen LogP contribution in [0.25, 0.3) is 0 Å². The van der Waals surface area contributed by atoms with Gasteiger partial charge in [0.15, 0.2) is 5.84 Å². The fourth-order valence-electron chi connectivity index (χ4n) is 1.82. The molecule has 0 aromatic rings. The maximum Gasteiger partial charge on any atom is 0.153 e. The molecule has 1 heterocycles. The molecule has 0 amide bonds. The number of likely N-dealkylation sites (tertiary alicyclic amines) is 1. The van der Waals surface area contributed by atoms with E-state index >= 15 is 0 Å². The van der Waals surface area contributed by atoms with Crippen molar-refractivity contribution in [3.63, 3.8) is 0 Å². The van der Waals surface area contributed by atoms with Gasteiger partial charge in [-0.05, 0) is 18.9 Å². The van der Waals surface area contributed by atoms with Crippen molar-refractivity contribution in [2.45, 2.75) is 19.4 Å². The number of oxime groups is 1. The molecule has 0 bridgehead atoms. The molecule has 4 N–H and O–H groups in total. The highest BCUT2D eigenvalue weighted by Crippen LogP contribution is 2.22. The number of aliphatic hydroxyl groups is 1. The number of hydrogen-bond donors (Lipinski definition) is 3. The minimum Gasteiger partial charge on any atom is -0.409 e. The zero-order valence-electron chi connectivity index (χ0n) is 7.85. The molecule has 0 aromatic carbocycles. The van der Waals surface area contributed by atoms with Crippen LogP contribution in [0, 0.1) is 5.92 Å². The Morgan fingerprint density at radius 3 is 2.92 bits per heavy atom. The number of hydrogen-bond acceptors (Lipinski definition) is 4. The molecule has 0 radical (unpaired) electrons. The molecule has 1 aliphatic rings. The third-order valence-electron chi connectivity index (χ3n) is 2.68. The van der Waals surface area contributed by atoms with E-state index in [1.54, 1.807) is 0 Å². The molecular formula is C8H17N3O2. The molecule has 0 spiro atoms. The molecule has 2 atom stereocenters. The van der Waals surface area contributed by atoms with Gasteiger partial charge in [0.1, 0.15) is 0 Å². The second-order valence-electron chi connectivity index (χ2n) is 3.58. The van der Waals surface area contributed by atoms with E-state index in [-0.39, 0.29) is 18.5 Å². The van der Waals surface area contributed by atoms with Crippen LogP contribution in [0.15, 0.2) is 5.16 Å². The van der Waals surface area contributed by atoms with Crippen LogP contribution in [0.2, 0.25) is 0 Å². The predicted molar refractivity (Wildman–Crippen MR) is 49.6 cm³/mol. The molecule has 1 aliphatic heterocycles. The second kappa shape index (κ2) is 4.43. The van der Waals surface area contributed by atoms with Gasteiger partial charge in [-0.25, -0.2) is 0 Å². The number of nitrogens with zero attached hydrogens (tertiary/aromatic N) is 2. The quantitative estimate of drug-likeness (QED) is 0.239. The fourth-order valence-corrected chi connectivity index (χ4v) is 1.82. The number of nitrogens with two attached hydrogens (primary N) is 1. The third-order valence-corrected chi connectivity index (χ3v) is 2.68. The topological polar surface area (TPSA) is 82.1 Å². The highest BCUT2D eigenvalue weighted by molar-refractivity contribution is 5.81. The molecule has 1 saturated heterocycles. The van der Waals surface area contributed by atoms with E-state index in [0.29, 0.717) is 12.5 Å². The summed E-state index contributed by atoms with van der Waals surface area (Å²) in [5.41, 5.74) is 5.39. The summed E-state index contributed by atoms with van der Waals surface area (Å²) in [6.45, 7) is 3.59. The van der Waals surface area contributed by atoms with Crippen LogP contribution in [0.5, 0.6) is 0 Å². The minimum atomic E-state index is 0.139. The Balaban J connectivity index is 2.50. The smallest absolute Gasteiger partial charge is 0.153 e. The lowest BCUT2D eigenvalue weighted by Crippen LogP contribution is -2.40. The molecule has 2 unspecified atom stereocenters. The van der Waals surface area contributed by atoms with Crippen LogP contribution in [0.1, 0.15) is 13.3 Å². The molecule has 0 aliphatic carbocycles. The van der Waals surface area contributed by atoms with Gasteiger partial charge in [-0.2, -0.15) is 0 Å². The molecular weight excluding hydrogens is 170 g/mol. The zero-order chi connectivity index (χ0) is 9.84. The largest absolute Gasteiger partial charge is 0.409 e. The average Bonchev–Trinajstić information content (AvgIpc) is 2.46. The maximum atomic E-state index is 9.11. The molecule has 5 heteroatoms. The van der Waals surface area contributed by atoms with Crippen LogP contribution in [-0.2, 0) is 0 Å². The van der Waals surface area contributed by atoms with E-state index in [4.69, 9.17) is 16.0 Å². The van der Waals surface area contributed by atoms with Crippen molar-refractivity contribution in [2.24, 2.45) is 16.8 Å². The summed E-state index contributed by atoms with van der Waals surface area (Å²) in [5, 5.41) is 20.4. The summed E-state index contributed by atoms with van der Waals surface area (Å²) < 4.78 is 0. The highest BCUT2D eigenvalue weighted by atomic mass is 16.4. The van der Waals surface area contributed by atoms with E-state index in [2.05, 4.69) is 12.1 Å². The third kappa shape index (κ3) is 2.32. The second-order valence-corrected chi connectivity index (χ2v) is 3.58. The van der Waals surface area contributed by atoms with E-state index in [1.807, 2.05) is 4.90 Å². The summed E-state index contributed by atoms with van der Waals surface area (Å²) in [6, 6.07) is 0.153. The summed E-state index contributed by atoms with van der Waals surface area (Å²) in [5.74, 6) is 0.684. The lowest BCUT2D eigenvalue weighted by Gasteiger charge is -2.23. The first-order valence-corrected chi connectivity index (χ1v) is 4.50. The van der Waals surface area contributed by atoms with Crippen molar-refractivity contribution in [3.05, 3.63) is 0 Å². The molecule has 1 rings (SSSR count). The molecule has 13 heavy (non-hydrogen) atoms. The van der Waals surface area contributed by atoms with Crippen molar-refractivity contribution in [2.75, 3.05) is 19.7 Å². The Hall–Kier alpha value is -0.810. The van der Waals surface area contributed by atoms with E-state index < -0.39 is 0 Å². The summed E-state index contributed by atoms with van der Waals surface area (Å²) in [7, 11) is 0. The Kier molecular flexibility index (Phi) is 3.50. The summed E-state index contributed by atoms with van der Waals surface area (Å²) in [4.78, 5) is 2.04. The van der Waals surface area contributed by atoms with Crippen LogP contribution >= 0.6 is 0 Å². The minimum absolute atomic E-state index is 0.139. The molecule has 1 fully saturated rings.